The van der Waals surface area contributed by atoms with E-state index in [1.54, 1.807) is 12.2 Å². The molecule has 0 bridgehead atoms. The molecule has 1 heterocycles. The minimum atomic E-state index is -1.71. The van der Waals surface area contributed by atoms with E-state index >= 15 is 0 Å². The first kappa shape index (κ1) is 49.4. The number of methoxy groups -OCH3 is 1. The second-order valence-corrected chi connectivity index (χ2v) is 14.0. The van der Waals surface area contributed by atoms with Crippen LogP contribution >= 0.6 is 0 Å². The van der Waals surface area contributed by atoms with Crippen LogP contribution in [0.4, 0.5) is 0 Å². The van der Waals surface area contributed by atoms with Gasteiger partial charge in [0.2, 0.25) is 41.4 Å². The van der Waals surface area contributed by atoms with Crippen LogP contribution in [0.15, 0.2) is 36.5 Å². The molecular formula is C38H63N7O11. The van der Waals surface area contributed by atoms with E-state index in [9.17, 15) is 48.9 Å². The average molecular weight is 794 g/mol. The molecule has 56 heavy (non-hydrogen) atoms. The quantitative estimate of drug-likeness (QED) is 0.0484. The van der Waals surface area contributed by atoms with Crippen LogP contribution in [0.2, 0.25) is 0 Å². The Bertz CT molecular complexity index is 1370. The monoisotopic (exact) mass is 793 g/mol. The van der Waals surface area contributed by atoms with Crippen molar-refractivity contribution < 1.29 is 53.6 Å². The van der Waals surface area contributed by atoms with Gasteiger partial charge in [0.05, 0.1) is 43.7 Å². The first-order valence-corrected chi connectivity index (χ1v) is 19.1. The van der Waals surface area contributed by atoms with Gasteiger partial charge in [0.15, 0.2) is 0 Å². The number of carbonyl (C=O) groups is 7. The molecular weight excluding hydrogens is 730 g/mol. The van der Waals surface area contributed by atoms with Crippen molar-refractivity contribution in [3.05, 3.63) is 36.5 Å². The third kappa shape index (κ3) is 21.4. The summed E-state index contributed by atoms with van der Waals surface area (Å²) in [4.78, 5) is 90.0. The zero-order valence-corrected chi connectivity index (χ0v) is 32.7. The molecule has 1 aliphatic rings. The largest absolute Gasteiger partial charge is 0.394 e. The van der Waals surface area contributed by atoms with E-state index in [1.807, 2.05) is 18.2 Å². The van der Waals surface area contributed by atoms with Gasteiger partial charge < -0.3 is 58.1 Å². The minimum absolute atomic E-state index is 0.0734. The molecule has 0 aromatic carbocycles. The molecule has 7 amide bonds. The van der Waals surface area contributed by atoms with E-state index in [1.165, 1.54) is 39.7 Å². The highest BCUT2D eigenvalue weighted by Gasteiger charge is 2.34. The van der Waals surface area contributed by atoms with E-state index in [0.29, 0.717) is 0 Å². The Morgan fingerprint density at radius 3 is 1.95 bits per heavy atom. The second kappa shape index (κ2) is 27.9. The molecule has 0 aromatic rings. The SMILES string of the molecule is CCCCCCC/C=C/C=C/C=C/[C@H](C[C@H](O)C[C@@H]1CC(=O)NC[C@@H](C)C(=O)N[C@@H](CC(N)=O)C(=O)N[C@H](CC(N)=O)C(=O)N[C@@H](C[C@H](O)CO)C(=O)N1)OC. The van der Waals surface area contributed by atoms with Gasteiger partial charge in [-0.1, -0.05) is 76.0 Å². The lowest BCUT2D eigenvalue weighted by Gasteiger charge is -2.28. The van der Waals surface area contributed by atoms with Crippen LogP contribution in [-0.4, -0.2) is 119 Å². The molecule has 1 rings (SSSR count). The molecule has 0 radical (unpaired) electrons. The van der Waals surface area contributed by atoms with Gasteiger partial charge in [-0.05, 0) is 19.3 Å². The summed E-state index contributed by atoms with van der Waals surface area (Å²) in [5.74, 6) is -7.46. The second-order valence-electron chi connectivity index (χ2n) is 14.0. The van der Waals surface area contributed by atoms with Crippen molar-refractivity contribution >= 4 is 41.4 Å². The molecule has 0 aromatic heterocycles. The molecule has 1 saturated heterocycles. The van der Waals surface area contributed by atoms with Gasteiger partial charge in [-0.25, -0.2) is 0 Å². The van der Waals surface area contributed by atoms with Crippen LogP contribution in [0, 0.1) is 5.92 Å². The fraction of sp³-hybridized carbons (Fsp3) is 0.658. The Morgan fingerprint density at radius 1 is 0.786 bits per heavy atom. The Morgan fingerprint density at radius 2 is 1.36 bits per heavy atom. The third-order valence-corrected chi connectivity index (χ3v) is 8.89. The molecule has 12 N–H and O–H groups in total. The zero-order valence-electron chi connectivity index (χ0n) is 32.7. The number of amides is 7. The van der Waals surface area contributed by atoms with Gasteiger partial charge in [-0.15, -0.1) is 0 Å². The number of allylic oxidation sites excluding steroid dienone is 5. The molecule has 0 aliphatic carbocycles. The number of rotatable bonds is 21. The maximum atomic E-state index is 13.7. The van der Waals surface area contributed by atoms with E-state index in [0.717, 1.165) is 12.8 Å². The number of hydrogen-bond donors (Lipinski definition) is 10. The Kier molecular flexibility index (Phi) is 24.6. The molecule has 0 saturated carbocycles. The molecule has 8 atom stereocenters. The number of aliphatic hydroxyl groups is 3. The maximum absolute atomic E-state index is 13.7. The number of nitrogens with one attached hydrogen (secondary N) is 5. The van der Waals surface area contributed by atoms with Gasteiger partial charge in [0.1, 0.15) is 18.1 Å². The molecule has 1 aliphatic heterocycles. The van der Waals surface area contributed by atoms with Crippen molar-refractivity contribution in [2.75, 3.05) is 20.3 Å². The van der Waals surface area contributed by atoms with Gasteiger partial charge in [0.25, 0.3) is 0 Å². The highest BCUT2D eigenvalue weighted by molar-refractivity contribution is 5.98. The summed E-state index contributed by atoms with van der Waals surface area (Å²) in [5.41, 5.74) is 10.6. The summed E-state index contributed by atoms with van der Waals surface area (Å²) in [6.07, 6.45) is 12.7. The maximum Gasteiger partial charge on any atom is 0.243 e. The van der Waals surface area contributed by atoms with Gasteiger partial charge in [-0.3, -0.25) is 33.6 Å². The highest BCUT2D eigenvalue weighted by atomic mass is 16.5. The number of aliphatic hydroxyl groups excluding tert-OH is 3. The molecule has 0 spiro atoms. The van der Waals surface area contributed by atoms with Crippen molar-refractivity contribution in [2.24, 2.45) is 17.4 Å². The van der Waals surface area contributed by atoms with Crippen LogP contribution in [0.5, 0.6) is 0 Å². The summed E-state index contributed by atoms with van der Waals surface area (Å²) in [6.45, 7) is 2.59. The first-order chi connectivity index (χ1) is 26.6. The minimum Gasteiger partial charge on any atom is -0.394 e. The van der Waals surface area contributed by atoms with E-state index in [2.05, 4.69) is 39.6 Å². The molecule has 0 unspecified atom stereocenters. The molecule has 316 valence electrons. The highest BCUT2D eigenvalue weighted by Crippen LogP contribution is 2.14. The van der Waals surface area contributed by atoms with Gasteiger partial charge in [0, 0.05) is 39.0 Å². The third-order valence-electron chi connectivity index (χ3n) is 8.89. The van der Waals surface area contributed by atoms with Gasteiger partial charge in [-0.2, -0.15) is 0 Å². The van der Waals surface area contributed by atoms with Crippen LogP contribution in [0.1, 0.15) is 90.9 Å². The zero-order chi connectivity index (χ0) is 42.0. The Hall–Kier alpha value is -4.65. The molecule has 18 nitrogen and oxygen atoms in total. The number of unbranched alkanes of at least 4 members (excludes halogenated alkanes) is 5. The van der Waals surface area contributed by atoms with Gasteiger partial charge >= 0.3 is 0 Å². The van der Waals surface area contributed by atoms with E-state index in [4.69, 9.17) is 16.2 Å². The van der Waals surface area contributed by atoms with Crippen molar-refractivity contribution in [2.45, 2.75) is 133 Å². The number of carbonyl (C=O) groups excluding carboxylic acids is 7. The smallest absolute Gasteiger partial charge is 0.243 e. The summed E-state index contributed by atoms with van der Waals surface area (Å²) < 4.78 is 5.50. The standard InChI is InChI=1S/C38H63N7O11/c1-4-5-6-7-8-9-10-11-12-13-14-15-28(56-3)18-26(47)16-25-17-34(51)41-22-24(2)35(52)43-30(20-32(39)49)37(54)45-31(21-33(40)50)38(55)44-29(36(53)42-25)19-27(48)23-46/h10-15,24-31,46-48H,4-9,16-23H2,1-3H3,(H2,39,49)(H2,40,50)(H,41,51)(H,42,53)(H,43,52)(H,44,55)(H,45,54)/b11-10+,13-12+,15-14+/t24-,25-,26-,27+,28-,29+,30+,31-/m1/s1. The van der Waals surface area contributed by atoms with Crippen LogP contribution in [0.25, 0.3) is 0 Å². The van der Waals surface area contributed by atoms with Crippen LogP contribution in [-0.2, 0) is 38.3 Å². The normalized spacial score (nSPS) is 23.8. The lowest BCUT2D eigenvalue weighted by Crippen LogP contribution is -2.59. The predicted octanol–water partition coefficient (Wildman–Crippen LogP) is -1.24. The number of ether oxygens (including phenoxy) is 1. The Balaban J connectivity index is 3.29. The summed E-state index contributed by atoms with van der Waals surface area (Å²) in [6, 6.07) is -5.95. The van der Waals surface area contributed by atoms with Crippen molar-refractivity contribution in [1.29, 1.82) is 0 Å². The number of primary amides is 2. The van der Waals surface area contributed by atoms with Crippen molar-refractivity contribution in [3.63, 3.8) is 0 Å². The topological polar surface area (TPSA) is 302 Å². The Labute approximate surface area is 328 Å². The lowest BCUT2D eigenvalue weighted by molar-refractivity contribution is -0.136. The summed E-state index contributed by atoms with van der Waals surface area (Å²) in [7, 11) is 1.47. The summed E-state index contributed by atoms with van der Waals surface area (Å²) in [5, 5.41) is 42.9. The first-order valence-electron chi connectivity index (χ1n) is 19.1. The fourth-order valence-electron chi connectivity index (χ4n) is 5.71. The predicted molar refractivity (Wildman–Crippen MR) is 207 cm³/mol. The number of nitrogens with two attached hydrogens (primary N) is 2. The van der Waals surface area contributed by atoms with E-state index in [-0.39, 0.29) is 19.4 Å². The summed E-state index contributed by atoms with van der Waals surface area (Å²) >= 11 is 0. The van der Waals surface area contributed by atoms with Crippen LogP contribution < -0.4 is 38.1 Å². The lowest BCUT2D eigenvalue weighted by atomic mass is 9.99. The molecule has 1 fully saturated rings. The van der Waals surface area contributed by atoms with Crippen molar-refractivity contribution in [3.8, 4) is 0 Å². The average Bonchev–Trinajstić information content (AvgIpc) is 3.13. The van der Waals surface area contributed by atoms with Crippen LogP contribution in [0.3, 0.4) is 0 Å². The molecule has 18 heteroatoms. The van der Waals surface area contributed by atoms with Crippen molar-refractivity contribution in [1.82, 2.24) is 26.6 Å². The fourth-order valence-corrected chi connectivity index (χ4v) is 5.71. The van der Waals surface area contributed by atoms with E-state index < -0.39 is 122 Å². The number of hydrogen-bond acceptors (Lipinski definition) is 11.